The van der Waals surface area contributed by atoms with E-state index >= 15 is 0 Å². The molecule has 2 aromatic carbocycles. The Balaban J connectivity index is 1.63. The summed E-state index contributed by atoms with van der Waals surface area (Å²) >= 11 is 1.61. The number of nitrogens with one attached hydrogen (secondary N) is 1. The largest absolute Gasteiger partial charge is 0.496 e. The van der Waals surface area contributed by atoms with Crippen LogP contribution in [0.25, 0.3) is 10.6 Å². The molecule has 0 saturated carbocycles. The molecule has 27 heavy (non-hydrogen) atoms. The second-order valence-electron chi connectivity index (χ2n) is 6.63. The predicted molar refractivity (Wildman–Crippen MR) is 109 cm³/mol. The number of methoxy groups -OCH3 is 1. The van der Waals surface area contributed by atoms with Crippen LogP contribution in [0, 0.1) is 5.92 Å². The van der Waals surface area contributed by atoms with Gasteiger partial charge < -0.3 is 15.0 Å². The number of anilines is 2. The molecular weight excluding hydrogens is 358 g/mol. The lowest BCUT2D eigenvalue weighted by atomic mass is 10.1. The van der Waals surface area contributed by atoms with Gasteiger partial charge in [0.05, 0.1) is 42.2 Å². The number of aromatic nitrogens is 1. The van der Waals surface area contributed by atoms with Gasteiger partial charge in [-0.2, -0.15) is 0 Å². The van der Waals surface area contributed by atoms with E-state index in [1.807, 2.05) is 55.5 Å². The lowest BCUT2D eigenvalue weighted by molar-refractivity contribution is -0.119. The van der Waals surface area contributed by atoms with Crippen molar-refractivity contribution in [2.24, 2.45) is 5.92 Å². The van der Waals surface area contributed by atoms with Crippen molar-refractivity contribution in [2.75, 3.05) is 23.9 Å². The van der Waals surface area contributed by atoms with Crippen LogP contribution in [0.4, 0.5) is 11.4 Å². The number of hydrogen-bond acceptors (Lipinski definition) is 5. The minimum absolute atomic E-state index is 0.0536. The monoisotopic (exact) mass is 379 g/mol. The van der Waals surface area contributed by atoms with Gasteiger partial charge >= 0.3 is 0 Å². The highest BCUT2D eigenvalue weighted by molar-refractivity contribution is 7.13. The first-order valence-electron chi connectivity index (χ1n) is 8.88. The summed E-state index contributed by atoms with van der Waals surface area (Å²) in [6.45, 7) is 3.27. The Morgan fingerprint density at radius 1 is 1.22 bits per heavy atom. The third-order valence-electron chi connectivity index (χ3n) is 4.69. The van der Waals surface area contributed by atoms with Crippen molar-refractivity contribution in [3.63, 3.8) is 0 Å². The standard InChI is InChI=1S/C21H21N3O2S/c1-14-11-24(18-9-5-4-8-17(18)23-20(14)25)12-15-13-27-21(22-15)16-7-3-6-10-19(16)26-2/h3-10,13-14H,11-12H2,1-2H3,(H,23,25). The molecule has 3 aromatic rings. The molecule has 4 rings (SSSR count). The topological polar surface area (TPSA) is 54.5 Å². The van der Waals surface area contributed by atoms with Crippen LogP contribution in [0.5, 0.6) is 5.75 Å². The maximum absolute atomic E-state index is 12.3. The summed E-state index contributed by atoms with van der Waals surface area (Å²) < 4.78 is 5.46. The first-order valence-corrected chi connectivity index (χ1v) is 9.76. The summed E-state index contributed by atoms with van der Waals surface area (Å²) in [5.41, 5.74) is 3.86. The van der Waals surface area contributed by atoms with Crippen molar-refractivity contribution in [1.29, 1.82) is 0 Å². The zero-order valence-corrected chi connectivity index (χ0v) is 16.1. The normalized spacial score (nSPS) is 16.4. The molecule has 1 unspecified atom stereocenters. The van der Waals surface area contributed by atoms with Crippen molar-refractivity contribution in [1.82, 2.24) is 4.98 Å². The van der Waals surface area contributed by atoms with Crippen LogP contribution in [-0.4, -0.2) is 24.5 Å². The van der Waals surface area contributed by atoms with Crippen molar-refractivity contribution in [3.05, 3.63) is 59.6 Å². The number of fused-ring (bicyclic) bond motifs is 1. The van der Waals surface area contributed by atoms with E-state index in [9.17, 15) is 4.79 Å². The van der Waals surface area contributed by atoms with Gasteiger partial charge in [-0.25, -0.2) is 4.98 Å². The molecule has 0 bridgehead atoms. The van der Waals surface area contributed by atoms with Gasteiger partial charge in [0.2, 0.25) is 5.91 Å². The number of thiazole rings is 1. The lowest BCUT2D eigenvalue weighted by Crippen LogP contribution is -2.30. The number of para-hydroxylation sites is 3. The first-order chi connectivity index (χ1) is 13.2. The molecule has 1 N–H and O–H groups in total. The number of carbonyl (C=O) groups excluding carboxylic acids is 1. The van der Waals surface area contributed by atoms with Gasteiger partial charge in [-0.15, -0.1) is 11.3 Å². The summed E-state index contributed by atoms with van der Waals surface area (Å²) in [5.74, 6) is 0.782. The fourth-order valence-electron chi connectivity index (χ4n) is 3.29. The van der Waals surface area contributed by atoms with Crippen LogP contribution in [0.2, 0.25) is 0 Å². The van der Waals surface area contributed by atoms with Crippen LogP contribution in [-0.2, 0) is 11.3 Å². The summed E-state index contributed by atoms with van der Waals surface area (Å²) in [6.07, 6.45) is 0. The van der Waals surface area contributed by atoms with E-state index in [1.165, 1.54) is 0 Å². The predicted octanol–water partition coefficient (Wildman–Crippen LogP) is 4.41. The average Bonchev–Trinajstić information content (AvgIpc) is 3.11. The lowest BCUT2D eigenvalue weighted by Gasteiger charge is -2.24. The van der Waals surface area contributed by atoms with Crippen LogP contribution >= 0.6 is 11.3 Å². The van der Waals surface area contributed by atoms with Crippen LogP contribution < -0.4 is 15.0 Å². The van der Waals surface area contributed by atoms with E-state index < -0.39 is 0 Å². The molecule has 1 aliphatic heterocycles. The van der Waals surface area contributed by atoms with Crippen molar-refractivity contribution >= 4 is 28.6 Å². The minimum Gasteiger partial charge on any atom is -0.496 e. The molecule has 0 spiro atoms. The highest BCUT2D eigenvalue weighted by Crippen LogP contribution is 2.34. The Hall–Kier alpha value is -2.86. The van der Waals surface area contributed by atoms with Crippen molar-refractivity contribution in [2.45, 2.75) is 13.5 Å². The summed E-state index contributed by atoms with van der Waals surface area (Å²) in [6, 6.07) is 15.8. The van der Waals surface area contributed by atoms with Gasteiger partial charge in [0.25, 0.3) is 0 Å². The molecule has 0 radical (unpaired) electrons. The summed E-state index contributed by atoms with van der Waals surface area (Å²) in [5, 5.41) is 6.04. The zero-order chi connectivity index (χ0) is 18.8. The van der Waals surface area contributed by atoms with E-state index in [4.69, 9.17) is 9.72 Å². The van der Waals surface area contributed by atoms with Gasteiger partial charge in [0, 0.05) is 11.9 Å². The fraction of sp³-hybridized carbons (Fsp3) is 0.238. The molecule has 2 heterocycles. The molecule has 6 heteroatoms. The first kappa shape index (κ1) is 17.5. The third kappa shape index (κ3) is 3.53. The number of amides is 1. The second-order valence-corrected chi connectivity index (χ2v) is 7.49. The van der Waals surface area contributed by atoms with Gasteiger partial charge in [0.1, 0.15) is 10.8 Å². The van der Waals surface area contributed by atoms with Crippen molar-refractivity contribution in [3.8, 4) is 16.3 Å². The Kier molecular flexibility index (Phi) is 4.81. The summed E-state index contributed by atoms with van der Waals surface area (Å²) in [4.78, 5) is 19.3. The highest BCUT2D eigenvalue weighted by Gasteiger charge is 2.25. The number of nitrogens with zero attached hydrogens (tertiary/aromatic N) is 2. The van der Waals surface area contributed by atoms with Crippen LogP contribution in [0.3, 0.4) is 0 Å². The number of ether oxygens (including phenoxy) is 1. The molecule has 138 valence electrons. The average molecular weight is 379 g/mol. The molecule has 1 atom stereocenters. The Labute approximate surface area is 162 Å². The molecule has 1 amide bonds. The zero-order valence-electron chi connectivity index (χ0n) is 15.3. The maximum atomic E-state index is 12.3. The minimum atomic E-state index is -0.0928. The van der Waals surface area contributed by atoms with Crippen LogP contribution in [0.15, 0.2) is 53.9 Å². The Morgan fingerprint density at radius 3 is 2.85 bits per heavy atom. The molecule has 1 aliphatic rings. The molecule has 0 saturated heterocycles. The highest BCUT2D eigenvalue weighted by atomic mass is 32.1. The van der Waals surface area contributed by atoms with E-state index in [1.54, 1.807) is 18.4 Å². The van der Waals surface area contributed by atoms with E-state index in [2.05, 4.69) is 15.6 Å². The number of carbonyl (C=O) groups is 1. The van der Waals surface area contributed by atoms with E-state index in [-0.39, 0.29) is 11.8 Å². The van der Waals surface area contributed by atoms with Gasteiger partial charge in [0.15, 0.2) is 0 Å². The van der Waals surface area contributed by atoms with Crippen LogP contribution in [0.1, 0.15) is 12.6 Å². The molecule has 1 aromatic heterocycles. The Morgan fingerprint density at radius 2 is 2.00 bits per heavy atom. The molecular formula is C21H21N3O2S. The molecule has 0 aliphatic carbocycles. The quantitative estimate of drug-likeness (QED) is 0.729. The van der Waals surface area contributed by atoms with Crippen molar-refractivity contribution < 1.29 is 9.53 Å². The maximum Gasteiger partial charge on any atom is 0.229 e. The number of benzene rings is 2. The summed E-state index contributed by atoms with van der Waals surface area (Å²) in [7, 11) is 1.67. The SMILES string of the molecule is COc1ccccc1-c1nc(CN2CC(C)C(=O)Nc3ccccc32)cs1. The van der Waals surface area contributed by atoms with Gasteiger partial charge in [-0.05, 0) is 24.3 Å². The number of hydrogen-bond donors (Lipinski definition) is 1. The van der Waals surface area contributed by atoms with Gasteiger partial charge in [-0.1, -0.05) is 31.2 Å². The second kappa shape index (κ2) is 7.40. The third-order valence-corrected chi connectivity index (χ3v) is 5.61. The van der Waals surface area contributed by atoms with Gasteiger partial charge in [-0.3, -0.25) is 4.79 Å². The van der Waals surface area contributed by atoms with E-state index in [0.29, 0.717) is 13.1 Å². The smallest absolute Gasteiger partial charge is 0.229 e. The fourth-order valence-corrected chi connectivity index (χ4v) is 4.13. The Bertz CT molecular complexity index is 969. The number of rotatable bonds is 4. The molecule has 5 nitrogen and oxygen atoms in total. The van der Waals surface area contributed by atoms with E-state index in [0.717, 1.165) is 33.4 Å². The molecule has 0 fully saturated rings.